The largest absolute Gasteiger partial charge is 0.490 e. The molecule has 0 aliphatic heterocycles. The first-order valence-corrected chi connectivity index (χ1v) is 12.9. The quantitative estimate of drug-likeness (QED) is 0.407. The molecule has 2 aromatic carbocycles. The van der Waals surface area contributed by atoms with E-state index in [4.69, 9.17) is 10.5 Å². The van der Waals surface area contributed by atoms with Gasteiger partial charge in [0.15, 0.2) is 11.5 Å². The smallest absolute Gasteiger partial charge is 0.387 e. The van der Waals surface area contributed by atoms with Crippen molar-refractivity contribution in [1.82, 2.24) is 4.98 Å². The lowest BCUT2D eigenvalue weighted by atomic mass is 9.92. The molecule has 3 rings (SSSR count). The molecule has 0 spiro atoms. The van der Waals surface area contributed by atoms with Crippen molar-refractivity contribution in [2.75, 3.05) is 24.3 Å². The van der Waals surface area contributed by atoms with Crippen LogP contribution in [0.4, 0.5) is 18.9 Å². The van der Waals surface area contributed by atoms with Crippen molar-refractivity contribution < 1.29 is 31.1 Å². The van der Waals surface area contributed by atoms with Crippen LogP contribution in [0.3, 0.4) is 0 Å². The first kappa shape index (κ1) is 26.3. The van der Waals surface area contributed by atoms with Gasteiger partial charge in [-0.05, 0) is 49.6 Å². The van der Waals surface area contributed by atoms with Gasteiger partial charge >= 0.3 is 6.61 Å². The molecule has 2 N–H and O–H groups in total. The summed E-state index contributed by atoms with van der Waals surface area (Å²) in [4.78, 5) is 4.43. The number of benzene rings is 2. The van der Waals surface area contributed by atoms with Gasteiger partial charge in [0, 0.05) is 29.5 Å². The van der Waals surface area contributed by atoms with Crippen molar-refractivity contribution >= 4 is 15.5 Å². The molecule has 0 aliphatic rings. The molecule has 0 saturated heterocycles. The summed E-state index contributed by atoms with van der Waals surface area (Å²) in [6.45, 7) is 0.603. The molecule has 1 heterocycles. The summed E-state index contributed by atoms with van der Waals surface area (Å²) in [5.74, 6) is -1.31. The van der Waals surface area contributed by atoms with E-state index in [1.165, 1.54) is 30.5 Å². The topological polar surface area (TPSA) is 91.5 Å². The Hall–Kier alpha value is -3.27. The summed E-state index contributed by atoms with van der Waals surface area (Å²) in [6, 6.07) is 10.6. The van der Waals surface area contributed by atoms with Gasteiger partial charge < -0.3 is 15.2 Å². The van der Waals surface area contributed by atoms with E-state index in [-0.39, 0.29) is 30.3 Å². The van der Waals surface area contributed by atoms with Gasteiger partial charge in [-0.1, -0.05) is 24.3 Å². The van der Waals surface area contributed by atoms with Gasteiger partial charge in [-0.3, -0.25) is 4.98 Å². The van der Waals surface area contributed by atoms with Crippen LogP contribution in [-0.2, 0) is 16.3 Å². The summed E-state index contributed by atoms with van der Waals surface area (Å²) < 4.78 is 74.2. The van der Waals surface area contributed by atoms with Gasteiger partial charge in [-0.25, -0.2) is 12.8 Å². The lowest BCUT2D eigenvalue weighted by Crippen LogP contribution is -2.18. The zero-order valence-electron chi connectivity index (χ0n) is 19.6. The number of hydrogen-bond donors (Lipinski definition) is 1. The van der Waals surface area contributed by atoms with Crippen LogP contribution in [-0.4, -0.2) is 38.6 Å². The SMILES string of the molecule is CCOc1cc(C(Cc2ncc(-c3ccccc3F)c(C)c2N)CS(C)(=O)=O)ccc1OC(F)F. The van der Waals surface area contributed by atoms with E-state index in [1.807, 2.05) is 0 Å². The number of halogens is 3. The van der Waals surface area contributed by atoms with E-state index < -0.39 is 28.2 Å². The summed E-state index contributed by atoms with van der Waals surface area (Å²) in [5.41, 5.74) is 9.18. The maximum atomic E-state index is 14.3. The highest BCUT2D eigenvalue weighted by molar-refractivity contribution is 7.90. The van der Waals surface area contributed by atoms with E-state index in [1.54, 1.807) is 32.0 Å². The van der Waals surface area contributed by atoms with Crippen LogP contribution in [0.2, 0.25) is 0 Å². The van der Waals surface area contributed by atoms with Crippen molar-refractivity contribution in [2.24, 2.45) is 0 Å². The van der Waals surface area contributed by atoms with Crippen LogP contribution in [0.5, 0.6) is 11.5 Å². The minimum Gasteiger partial charge on any atom is -0.490 e. The van der Waals surface area contributed by atoms with Gasteiger partial charge in [0.25, 0.3) is 0 Å². The number of aromatic nitrogens is 1. The second-order valence-electron chi connectivity index (χ2n) is 8.15. The zero-order chi connectivity index (χ0) is 25.8. The van der Waals surface area contributed by atoms with E-state index in [2.05, 4.69) is 9.72 Å². The fourth-order valence-corrected chi connectivity index (χ4v) is 4.94. The fraction of sp³-hybridized carbons (Fsp3) is 0.320. The molecule has 0 saturated carbocycles. The number of nitrogen functional groups attached to an aromatic ring is 1. The Morgan fingerprint density at radius 1 is 1.09 bits per heavy atom. The molecule has 0 radical (unpaired) electrons. The van der Waals surface area contributed by atoms with E-state index in [0.29, 0.717) is 33.6 Å². The van der Waals surface area contributed by atoms with Gasteiger partial charge in [0.05, 0.1) is 23.7 Å². The van der Waals surface area contributed by atoms with Crippen molar-refractivity contribution in [3.63, 3.8) is 0 Å². The van der Waals surface area contributed by atoms with Crippen molar-refractivity contribution in [3.8, 4) is 22.6 Å². The number of nitrogens with zero attached hydrogens (tertiary/aromatic N) is 1. The number of pyridine rings is 1. The second kappa shape index (κ2) is 11.0. The van der Waals surface area contributed by atoms with Crippen LogP contribution in [0, 0.1) is 12.7 Å². The summed E-state index contributed by atoms with van der Waals surface area (Å²) in [6.07, 6.45) is 2.78. The maximum absolute atomic E-state index is 14.3. The summed E-state index contributed by atoms with van der Waals surface area (Å²) in [7, 11) is -3.44. The van der Waals surface area contributed by atoms with E-state index in [0.717, 1.165) is 6.26 Å². The molecular weight excluding hydrogens is 481 g/mol. The average molecular weight is 509 g/mol. The molecule has 1 unspecified atom stereocenters. The van der Waals surface area contributed by atoms with Crippen LogP contribution >= 0.6 is 0 Å². The third kappa shape index (κ3) is 6.66. The van der Waals surface area contributed by atoms with Crippen molar-refractivity contribution in [3.05, 3.63) is 71.3 Å². The lowest BCUT2D eigenvalue weighted by Gasteiger charge is -2.21. The van der Waals surface area contributed by atoms with Crippen LogP contribution < -0.4 is 15.2 Å². The van der Waals surface area contributed by atoms with E-state index in [9.17, 15) is 21.6 Å². The third-order valence-electron chi connectivity index (χ3n) is 5.53. The number of ether oxygens (including phenoxy) is 2. The van der Waals surface area contributed by atoms with Gasteiger partial charge in [-0.15, -0.1) is 0 Å². The second-order valence-corrected chi connectivity index (χ2v) is 10.3. The summed E-state index contributed by atoms with van der Waals surface area (Å²) >= 11 is 0. The Morgan fingerprint density at radius 2 is 1.80 bits per heavy atom. The first-order valence-electron chi connectivity index (χ1n) is 10.9. The summed E-state index contributed by atoms with van der Waals surface area (Å²) in [5, 5.41) is 0. The first-order chi connectivity index (χ1) is 16.5. The fourth-order valence-electron chi connectivity index (χ4n) is 3.90. The highest BCUT2D eigenvalue weighted by Gasteiger charge is 2.23. The standard InChI is InChI=1S/C25H27F3N2O4S/c1-4-33-23-12-16(9-10-22(23)34-25(27)28)17(14-35(3,31)32)11-21-24(29)15(2)19(13-30-21)18-7-5-6-8-20(18)26/h5-10,12-13,17,25H,4,11,14,29H2,1-3H3. The monoisotopic (exact) mass is 508 g/mol. The van der Waals surface area contributed by atoms with Crippen LogP contribution in [0.15, 0.2) is 48.7 Å². The number of anilines is 1. The minimum atomic E-state index is -3.44. The Labute approximate surface area is 202 Å². The van der Waals surface area contributed by atoms with Gasteiger partial charge in [0.1, 0.15) is 15.7 Å². The molecule has 3 aromatic rings. The van der Waals surface area contributed by atoms with Gasteiger partial charge in [-0.2, -0.15) is 8.78 Å². The molecule has 10 heteroatoms. The van der Waals surface area contributed by atoms with Crippen molar-refractivity contribution in [2.45, 2.75) is 32.8 Å². The van der Waals surface area contributed by atoms with Gasteiger partial charge in [0.2, 0.25) is 0 Å². The Balaban J connectivity index is 2.01. The number of alkyl halides is 2. The number of hydrogen-bond acceptors (Lipinski definition) is 6. The Morgan fingerprint density at radius 3 is 2.43 bits per heavy atom. The molecule has 0 aliphatic carbocycles. The predicted molar refractivity (Wildman–Crippen MR) is 129 cm³/mol. The zero-order valence-corrected chi connectivity index (χ0v) is 20.4. The molecule has 1 atom stereocenters. The highest BCUT2D eigenvalue weighted by atomic mass is 32.2. The number of rotatable bonds is 10. The van der Waals surface area contributed by atoms with Crippen LogP contribution in [0.1, 0.15) is 29.7 Å². The Kier molecular flexibility index (Phi) is 8.26. The maximum Gasteiger partial charge on any atom is 0.387 e. The Bertz CT molecular complexity index is 1300. The molecule has 0 bridgehead atoms. The third-order valence-corrected chi connectivity index (χ3v) is 6.54. The lowest BCUT2D eigenvalue weighted by molar-refractivity contribution is -0.0514. The van der Waals surface area contributed by atoms with Crippen molar-refractivity contribution in [1.29, 1.82) is 0 Å². The van der Waals surface area contributed by atoms with E-state index >= 15 is 0 Å². The minimum absolute atomic E-state index is 0.0795. The van der Waals surface area contributed by atoms with Crippen LogP contribution in [0.25, 0.3) is 11.1 Å². The normalized spacial score (nSPS) is 12.5. The molecule has 0 fully saturated rings. The molecule has 0 amide bonds. The highest BCUT2D eigenvalue weighted by Crippen LogP contribution is 2.36. The molecule has 1 aromatic heterocycles. The predicted octanol–water partition coefficient (Wildman–Crippen LogP) is 5.15. The molecule has 35 heavy (non-hydrogen) atoms. The number of nitrogens with two attached hydrogens (primary N) is 1. The molecular formula is C25H27F3N2O4S. The average Bonchev–Trinajstić information content (AvgIpc) is 2.77. The number of sulfone groups is 1. The molecule has 188 valence electrons. The molecule has 6 nitrogen and oxygen atoms in total.